The van der Waals surface area contributed by atoms with Crippen LogP contribution in [0.15, 0.2) is 28.7 Å². The van der Waals surface area contributed by atoms with Gasteiger partial charge in [-0.15, -0.1) is 12.4 Å². The van der Waals surface area contributed by atoms with Gasteiger partial charge < -0.3 is 10.1 Å². The maximum Gasteiger partial charge on any atom is 0.0951 e. The molecule has 1 aliphatic rings. The quantitative estimate of drug-likeness (QED) is 0.906. The van der Waals surface area contributed by atoms with Crippen molar-refractivity contribution in [2.75, 3.05) is 20.2 Å². The van der Waals surface area contributed by atoms with E-state index in [1.54, 1.807) is 0 Å². The zero-order valence-electron chi connectivity index (χ0n) is 9.33. The van der Waals surface area contributed by atoms with Crippen molar-refractivity contribution in [1.82, 2.24) is 5.32 Å². The fourth-order valence-electron chi connectivity index (χ4n) is 2.19. The van der Waals surface area contributed by atoms with Crippen molar-refractivity contribution < 1.29 is 4.74 Å². The van der Waals surface area contributed by atoms with Crippen LogP contribution in [-0.2, 0) is 10.3 Å². The van der Waals surface area contributed by atoms with Crippen molar-refractivity contribution in [3.63, 3.8) is 0 Å². The first-order valence-electron chi connectivity index (χ1n) is 5.29. The summed E-state index contributed by atoms with van der Waals surface area (Å²) < 4.78 is 6.87. The number of hydrogen-bond acceptors (Lipinski definition) is 2. The molecule has 1 heterocycles. The van der Waals surface area contributed by atoms with E-state index in [9.17, 15) is 0 Å². The van der Waals surface area contributed by atoms with Crippen molar-refractivity contribution in [2.24, 2.45) is 0 Å². The lowest BCUT2D eigenvalue weighted by atomic mass is 9.85. The lowest BCUT2D eigenvalue weighted by Gasteiger charge is -2.36. The van der Waals surface area contributed by atoms with E-state index >= 15 is 0 Å². The molecule has 0 radical (unpaired) electrons. The molecule has 0 bridgehead atoms. The summed E-state index contributed by atoms with van der Waals surface area (Å²) in [6.45, 7) is 2.06. The van der Waals surface area contributed by atoms with Gasteiger partial charge in [-0.2, -0.15) is 0 Å². The van der Waals surface area contributed by atoms with Crippen LogP contribution >= 0.6 is 28.3 Å². The Balaban J connectivity index is 0.00000128. The van der Waals surface area contributed by atoms with Crippen LogP contribution in [0.1, 0.15) is 18.4 Å². The zero-order valence-corrected chi connectivity index (χ0v) is 11.7. The smallest absolute Gasteiger partial charge is 0.0951 e. The summed E-state index contributed by atoms with van der Waals surface area (Å²) in [6, 6.07) is 8.47. The molecule has 1 N–H and O–H groups in total. The summed E-state index contributed by atoms with van der Waals surface area (Å²) in [5.74, 6) is 0. The Morgan fingerprint density at radius 1 is 1.19 bits per heavy atom. The van der Waals surface area contributed by atoms with Gasteiger partial charge in [0.1, 0.15) is 0 Å². The maximum absolute atomic E-state index is 5.75. The van der Waals surface area contributed by atoms with Gasteiger partial charge >= 0.3 is 0 Å². The molecule has 16 heavy (non-hydrogen) atoms. The Morgan fingerprint density at radius 3 is 2.25 bits per heavy atom. The Hall–Kier alpha value is -0.0900. The third kappa shape index (κ3) is 2.77. The average molecular weight is 307 g/mol. The van der Waals surface area contributed by atoms with E-state index < -0.39 is 0 Å². The second-order valence-corrected chi connectivity index (χ2v) is 4.87. The van der Waals surface area contributed by atoms with Crippen molar-refractivity contribution >= 4 is 28.3 Å². The molecule has 0 aromatic heterocycles. The summed E-state index contributed by atoms with van der Waals surface area (Å²) in [5.41, 5.74) is 1.21. The van der Waals surface area contributed by atoms with Gasteiger partial charge in [0.2, 0.25) is 0 Å². The van der Waals surface area contributed by atoms with E-state index in [-0.39, 0.29) is 18.0 Å². The highest BCUT2D eigenvalue weighted by atomic mass is 79.9. The average Bonchev–Trinajstić information content (AvgIpc) is 2.31. The van der Waals surface area contributed by atoms with E-state index in [1.165, 1.54) is 5.56 Å². The van der Waals surface area contributed by atoms with Crippen LogP contribution in [0.5, 0.6) is 0 Å². The van der Waals surface area contributed by atoms with Gasteiger partial charge in [0.05, 0.1) is 5.60 Å². The molecule has 1 aliphatic heterocycles. The normalized spacial score (nSPS) is 18.9. The lowest BCUT2D eigenvalue weighted by molar-refractivity contribution is -0.0391. The van der Waals surface area contributed by atoms with Crippen molar-refractivity contribution in [3.05, 3.63) is 34.3 Å². The van der Waals surface area contributed by atoms with Crippen LogP contribution in [0.2, 0.25) is 0 Å². The van der Waals surface area contributed by atoms with Gasteiger partial charge in [-0.1, -0.05) is 28.1 Å². The molecule has 4 heteroatoms. The van der Waals surface area contributed by atoms with E-state index in [1.807, 2.05) is 7.11 Å². The standard InChI is InChI=1S/C12H16BrNO.ClH/c1-15-12(6-8-14-9-7-12)10-2-4-11(13)5-3-10;/h2-5,14H,6-9H2,1H3;1H. The molecule has 0 aliphatic carbocycles. The van der Waals surface area contributed by atoms with Crippen molar-refractivity contribution in [3.8, 4) is 0 Å². The number of rotatable bonds is 2. The highest BCUT2D eigenvalue weighted by Gasteiger charge is 2.33. The molecule has 2 nitrogen and oxygen atoms in total. The molecular formula is C12H17BrClNO. The highest BCUT2D eigenvalue weighted by molar-refractivity contribution is 9.10. The molecule has 0 saturated carbocycles. The Bertz CT molecular complexity index is 322. The number of hydrogen-bond donors (Lipinski definition) is 1. The fourth-order valence-corrected chi connectivity index (χ4v) is 2.46. The third-order valence-electron chi connectivity index (χ3n) is 3.17. The Labute approximate surface area is 111 Å². The lowest BCUT2D eigenvalue weighted by Crippen LogP contribution is -2.41. The van der Waals surface area contributed by atoms with Crippen LogP contribution in [0.3, 0.4) is 0 Å². The first-order valence-corrected chi connectivity index (χ1v) is 6.08. The molecule has 90 valence electrons. The minimum atomic E-state index is -0.0774. The fraction of sp³-hybridized carbons (Fsp3) is 0.500. The maximum atomic E-state index is 5.75. The predicted molar refractivity (Wildman–Crippen MR) is 72.2 cm³/mol. The van der Waals surface area contributed by atoms with E-state index in [0.717, 1.165) is 30.4 Å². The highest BCUT2D eigenvalue weighted by Crippen LogP contribution is 2.34. The molecule has 0 atom stereocenters. The number of ether oxygens (including phenoxy) is 1. The Kier molecular flexibility index (Phi) is 5.25. The monoisotopic (exact) mass is 305 g/mol. The summed E-state index contributed by atoms with van der Waals surface area (Å²) in [5, 5.41) is 3.37. The second kappa shape index (κ2) is 6.01. The number of piperidine rings is 1. The first-order chi connectivity index (χ1) is 7.27. The molecule has 1 aromatic rings. The van der Waals surface area contributed by atoms with Gasteiger partial charge in [0.15, 0.2) is 0 Å². The summed E-state index contributed by atoms with van der Waals surface area (Å²) >= 11 is 3.46. The van der Waals surface area contributed by atoms with Gasteiger partial charge in [0.25, 0.3) is 0 Å². The van der Waals surface area contributed by atoms with Gasteiger partial charge in [-0.05, 0) is 43.6 Å². The molecule has 0 amide bonds. The van der Waals surface area contributed by atoms with Crippen molar-refractivity contribution in [1.29, 1.82) is 0 Å². The summed E-state index contributed by atoms with van der Waals surface area (Å²) in [6.07, 6.45) is 2.09. The number of methoxy groups -OCH3 is 1. The predicted octanol–water partition coefficient (Wildman–Crippen LogP) is 3.10. The number of benzene rings is 1. The van der Waals surface area contributed by atoms with Crippen LogP contribution in [0.25, 0.3) is 0 Å². The third-order valence-corrected chi connectivity index (χ3v) is 3.70. The van der Waals surface area contributed by atoms with E-state index in [0.29, 0.717) is 0 Å². The van der Waals surface area contributed by atoms with E-state index in [2.05, 4.69) is 45.5 Å². The summed E-state index contributed by atoms with van der Waals surface area (Å²) in [7, 11) is 1.81. The summed E-state index contributed by atoms with van der Waals surface area (Å²) in [4.78, 5) is 0. The van der Waals surface area contributed by atoms with Crippen LogP contribution in [-0.4, -0.2) is 20.2 Å². The topological polar surface area (TPSA) is 21.3 Å². The van der Waals surface area contributed by atoms with Gasteiger partial charge in [-0.25, -0.2) is 0 Å². The minimum Gasteiger partial charge on any atom is -0.373 e. The van der Waals surface area contributed by atoms with Crippen LogP contribution < -0.4 is 5.32 Å². The molecule has 0 unspecified atom stereocenters. The first kappa shape index (κ1) is 14.0. The van der Waals surface area contributed by atoms with E-state index in [4.69, 9.17) is 4.74 Å². The molecular weight excluding hydrogens is 289 g/mol. The minimum absolute atomic E-state index is 0. The van der Waals surface area contributed by atoms with Crippen LogP contribution in [0, 0.1) is 0 Å². The number of halogens is 2. The molecule has 2 rings (SSSR count). The molecule has 1 saturated heterocycles. The van der Waals surface area contributed by atoms with Crippen LogP contribution in [0.4, 0.5) is 0 Å². The molecule has 0 spiro atoms. The SMILES string of the molecule is COC1(c2ccc(Br)cc2)CCNCC1.Cl. The number of nitrogens with one attached hydrogen (secondary N) is 1. The zero-order chi connectivity index (χ0) is 10.7. The molecule has 1 fully saturated rings. The Morgan fingerprint density at radius 2 is 1.75 bits per heavy atom. The van der Waals surface area contributed by atoms with Crippen molar-refractivity contribution in [2.45, 2.75) is 18.4 Å². The second-order valence-electron chi connectivity index (χ2n) is 3.96. The largest absolute Gasteiger partial charge is 0.373 e. The van der Waals surface area contributed by atoms with Gasteiger partial charge in [-0.3, -0.25) is 0 Å². The molecule has 1 aromatic carbocycles. The van der Waals surface area contributed by atoms with Gasteiger partial charge in [0, 0.05) is 11.6 Å².